The van der Waals surface area contributed by atoms with E-state index in [0.717, 1.165) is 5.69 Å². The predicted octanol–water partition coefficient (Wildman–Crippen LogP) is 2.09. The quantitative estimate of drug-likeness (QED) is 0.905. The summed E-state index contributed by atoms with van der Waals surface area (Å²) >= 11 is 0. The second kappa shape index (κ2) is 4.77. The molecule has 102 valence electrons. The molecule has 1 heterocycles. The maximum absolute atomic E-state index is 11.3. The topological polar surface area (TPSA) is 63.4 Å². The molecule has 4 nitrogen and oxygen atoms in total. The fourth-order valence-corrected chi connectivity index (χ4v) is 2.86. The van der Waals surface area contributed by atoms with Gasteiger partial charge in [0.1, 0.15) is 0 Å². The van der Waals surface area contributed by atoms with Crippen LogP contribution in [0, 0.1) is 0 Å². The minimum absolute atomic E-state index is 0.122. The summed E-state index contributed by atoms with van der Waals surface area (Å²) in [5.41, 5.74) is 2.12. The van der Waals surface area contributed by atoms with E-state index >= 15 is 0 Å². The summed E-state index contributed by atoms with van der Waals surface area (Å²) in [5.74, 6) is 0. The molecule has 3 rings (SSSR count). The van der Waals surface area contributed by atoms with Crippen LogP contribution in [0.2, 0.25) is 0 Å². The van der Waals surface area contributed by atoms with Crippen molar-refractivity contribution in [2.75, 3.05) is 4.90 Å². The molecule has 20 heavy (non-hydrogen) atoms. The second-order valence-electron chi connectivity index (χ2n) is 4.64. The molecule has 5 heteroatoms. The van der Waals surface area contributed by atoms with E-state index in [4.69, 9.17) is 5.14 Å². The zero-order valence-corrected chi connectivity index (χ0v) is 11.5. The number of nitrogens with two attached hydrogens (primary N) is 1. The van der Waals surface area contributed by atoms with Crippen molar-refractivity contribution in [3.8, 4) is 0 Å². The molecule has 1 aliphatic heterocycles. The first-order valence-electron chi connectivity index (χ1n) is 6.20. The van der Waals surface area contributed by atoms with Crippen LogP contribution in [-0.4, -0.2) is 14.5 Å². The average molecular weight is 286 g/mol. The molecule has 0 saturated carbocycles. The molecule has 1 aliphatic carbocycles. The molecule has 0 spiro atoms. The lowest BCUT2D eigenvalue weighted by Gasteiger charge is -2.33. The summed E-state index contributed by atoms with van der Waals surface area (Å²) < 4.78 is 22.5. The molecule has 1 aromatic carbocycles. The largest absolute Gasteiger partial charge is 0.337 e. The summed E-state index contributed by atoms with van der Waals surface area (Å²) in [5, 5.41) is 5.11. The van der Waals surface area contributed by atoms with E-state index in [9.17, 15) is 8.42 Å². The van der Waals surface area contributed by atoms with Gasteiger partial charge in [-0.25, -0.2) is 13.6 Å². The number of primary sulfonamides is 1. The molecule has 0 saturated heterocycles. The highest BCUT2D eigenvalue weighted by Crippen LogP contribution is 2.28. The highest BCUT2D eigenvalue weighted by Gasteiger charge is 2.21. The fraction of sp³-hybridized carbons (Fsp3) is 0.0667. The minimum atomic E-state index is -3.65. The van der Waals surface area contributed by atoms with E-state index in [1.807, 2.05) is 24.4 Å². The lowest BCUT2D eigenvalue weighted by molar-refractivity contribution is 0.598. The fourth-order valence-electron chi connectivity index (χ4n) is 2.35. The van der Waals surface area contributed by atoms with Crippen molar-refractivity contribution in [3.05, 3.63) is 72.5 Å². The SMILES string of the molecule is NS(=O)(=O)c1ccc(N2C=CC=C3C=CC=CC32)cc1. The van der Waals surface area contributed by atoms with Gasteiger partial charge in [-0.2, -0.15) is 0 Å². The van der Waals surface area contributed by atoms with E-state index < -0.39 is 10.0 Å². The molecule has 0 fully saturated rings. The molecule has 2 aliphatic rings. The van der Waals surface area contributed by atoms with Crippen LogP contribution in [0.3, 0.4) is 0 Å². The molecule has 0 radical (unpaired) electrons. The van der Waals surface area contributed by atoms with Gasteiger partial charge >= 0.3 is 0 Å². The van der Waals surface area contributed by atoms with Crippen molar-refractivity contribution in [3.63, 3.8) is 0 Å². The normalized spacial score (nSPS) is 20.8. The number of fused-ring (bicyclic) bond motifs is 1. The van der Waals surface area contributed by atoms with Crippen molar-refractivity contribution in [1.82, 2.24) is 0 Å². The van der Waals surface area contributed by atoms with Crippen LogP contribution in [0.1, 0.15) is 0 Å². The first-order chi connectivity index (χ1) is 9.55. The van der Waals surface area contributed by atoms with Gasteiger partial charge in [-0.05, 0) is 35.9 Å². The third kappa shape index (κ3) is 2.33. The molecule has 0 aromatic heterocycles. The molecule has 2 N–H and O–H groups in total. The van der Waals surface area contributed by atoms with E-state index in [0.29, 0.717) is 0 Å². The van der Waals surface area contributed by atoms with Gasteiger partial charge in [-0.15, -0.1) is 0 Å². The van der Waals surface area contributed by atoms with E-state index in [1.165, 1.54) is 17.7 Å². The van der Waals surface area contributed by atoms with Gasteiger partial charge in [0.05, 0.1) is 10.9 Å². The Morgan fingerprint density at radius 3 is 2.50 bits per heavy atom. The molecule has 0 amide bonds. The molecule has 0 bridgehead atoms. The maximum Gasteiger partial charge on any atom is 0.238 e. The Balaban J connectivity index is 1.94. The Bertz CT molecular complexity index is 741. The van der Waals surface area contributed by atoms with Crippen LogP contribution in [0.15, 0.2) is 77.4 Å². The summed E-state index contributed by atoms with van der Waals surface area (Å²) in [6, 6.07) is 6.72. The number of nitrogens with zero attached hydrogens (tertiary/aromatic N) is 1. The molecular formula is C15H14N2O2S. The third-order valence-corrected chi connectivity index (χ3v) is 4.26. The zero-order valence-electron chi connectivity index (χ0n) is 10.7. The van der Waals surface area contributed by atoms with Gasteiger partial charge in [0.15, 0.2) is 0 Å². The first-order valence-corrected chi connectivity index (χ1v) is 7.75. The Morgan fingerprint density at radius 1 is 1.05 bits per heavy atom. The molecule has 1 aromatic rings. The van der Waals surface area contributed by atoms with Gasteiger partial charge in [0.2, 0.25) is 10.0 Å². The van der Waals surface area contributed by atoms with E-state index in [1.54, 1.807) is 12.1 Å². The Hall–Kier alpha value is -2.11. The smallest absolute Gasteiger partial charge is 0.238 e. The van der Waals surface area contributed by atoms with Gasteiger partial charge in [-0.1, -0.05) is 30.4 Å². The molecular weight excluding hydrogens is 272 g/mol. The highest BCUT2D eigenvalue weighted by atomic mass is 32.2. The van der Waals surface area contributed by atoms with Gasteiger partial charge in [0.25, 0.3) is 0 Å². The maximum atomic E-state index is 11.3. The van der Waals surface area contributed by atoms with Gasteiger partial charge < -0.3 is 4.90 Å². The van der Waals surface area contributed by atoms with Crippen molar-refractivity contribution in [2.24, 2.45) is 5.14 Å². The zero-order chi connectivity index (χ0) is 14.2. The van der Waals surface area contributed by atoms with E-state index in [-0.39, 0.29) is 10.9 Å². The monoisotopic (exact) mass is 286 g/mol. The van der Waals surface area contributed by atoms with Crippen LogP contribution in [0.4, 0.5) is 5.69 Å². The van der Waals surface area contributed by atoms with Crippen LogP contribution in [-0.2, 0) is 10.0 Å². The number of anilines is 1. The van der Waals surface area contributed by atoms with Crippen molar-refractivity contribution < 1.29 is 8.42 Å². The van der Waals surface area contributed by atoms with Crippen LogP contribution < -0.4 is 10.0 Å². The molecule has 1 unspecified atom stereocenters. The highest BCUT2D eigenvalue weighted by molar-refractivity contribution is 7.89. The van der Waals surface area contributed by atoms with Crippen molar-refractivity contribution in [2.45, 2.75) is 10.9 Å². The van der Waals surface area contributed by atoms with Crippen LogP contribution in [0.25, 0.3) is 0 Å². The number of allylic oxidation sites excluding steroid dienone is 4. The summed E-state index contributed by atoms with van der Waals surface area (Å²) in [6.45, 7) is 0. The van der Waals surface area contributed by atoms with Crippen LogP contribution in [0.5, 0.6) is 0 Å². The lowest BCUT2D eigenvalue weighted by Crippen LogP contribution is -2.32. The second-order valence-corrected chi connectivity index (χ2v) is 6.20. The van der Waals surface area contributed by atoms with Gasteiger partial charge in [-0.3, -0.25) is 0 Å². The lowest BCUT2D eigenvalue weighted by atomic mass is 9.97. The number of rotatable bonds is 2. The predicted molar refractivity (Wildman–Crippen MR) is 79.6 cm³/mol. The number of hydrogen-bond acceptors (Lipinski definition) is 3. The first kappa shape index (κ1) is 12.9. The summed E-state index contributed by atoms with van der Waals surface area (Å²) in [7, 11) is -3.65. The van der Waals surface area contributed by atoms with Gasteiger partial charge in [0, 0.05) is 11.9 Å². The van der Waals surface area contributed by atoms with Crippen molar-refractivity contribution >= 4 is 15.7 Å². The van der Waals surface area contributed by atoms with Crippen molar-refractivity contribution in [1.29, 1.82) is 0 Å². The Kier molecular flexibility index (Phi) is 3.08. The van der Waals surface area contributed by atoms with E-state index in [2.05, 4.69) is 23.1 Å². The Morgan fingerprint density at radius 2 is 1.80 bits per heavy atom. The Labute approximate surface area is 118 Å². The van der Waals surface area contributed by atoms with Crippen LogP contribution >= 0.6 is 0 Å². The third-order valence-electron chi connectivity index (χ3n) is 3.33. The summed E-state index contributed by atoms with van der Waals surface area (Å²) in [6.07, 6.45) is 14.2. The molecule has 1 atom stereocenters. The average Bonchev–Trinajstić information content (AvgIpc) is 2.46. The standard InChI is InChI=1S/C15H14N2O2S/c16-20(18,19)14-9-7-13(8-10-14)17-11-3-5-12-4-1-2-6-15(12)17/h1-11,15H,(H2,16,18,19). The number of sulfonamides is 1. The number of hydrogen-bond donors (Lipinski definition) is 1. The summed E-state index contributed by atoms with van der Waals surface area (Å²) in [4.78, 5) is 2.21. The minimum Gasteiger partial charge on any atom is -0.337 e. The number of benzene rings is 1.